The molecule has 1 aromatic heterocycles. The van der Waals surface area contributed by atoms with Crippen molar-refractivity contribution in [3.8, 4) is 11.1 Å². The molecule has 0 aliphatic carbocycles. The molecule has 0 aliphatic heterocycles. The van der Waals surface area contributed by atoms with Crippen LogP contribution in [0.25, 0.3) is 21.3 Å². The molecule has 0 unspecified atom stereocenters. The van der Waals surface area contributed by atoms with E-state index in [2.05, 4.69) is 23.7 Å². The van der Waals surface area contributed by atoms with Crippen LogP contribution in [0.5, 0.6) is 0 Å². The first-order valence-electron chi connectivity index (χ1n) is 11.6. The molecule has 0 radical (unpaired) electrons. The lowest BCUT2D eigenvalue weighted by molar-refractivity contribution is 0.0984. The lowest BCUT2D eigenvalue weighted by atomic mass is 10.0. The Labute approximate surface area is 210 Å². The van der Waals surface area contributed by atoms with Crippen molar-refractivity contribution < 1.29 is 13.2 Å². The zero-order valence-corrected chi connectivity index (χ0v) is 21.8. The fourth-order valence-corrected chi connectivity index (χ4v) is 5.65. The second kappa shape index (κ2) is 10.7. The van der Waals surface area contributed by atoms with E-state index >= 15 is 0 Å². The van der Waals surface area contributed by atoms with Gasteiger partial charge in [-0.05, 0) is 54.5 Å². The Balaban J connectivity index is 1.67. The molecular weight excluding hydrogens is 478 g/mol. The molecule has 35 heavy (non-hydrogen) atoms. The summed E-state index contributed by atoms with van der Waals surface area (Å²) in [6.07, 6.45) is 1.19. The van der Waals surface area contributed by atoms with Crippen LogP contribution in [0.4, 0.5) is 5.13 Å². The van der Waals surface area contributed by atoms with E-state index in [1.165, 1.54) is 17.6 Å². The number of rotatable bonds is 9. The van der Waals surface area contributed by atoms with Crippen molar-refractivity contribution in [2.45, 2.75) is 18.7 Å². The third-order valence-corrected chi connectivity index (χ3v) is 8.18. The van der Waals surface area contributed by atoms with Crippen LogP contribution < -0.4 is 4.90 Å². The van der Waals surface area contributed by atoms with E-state index in [4.69, 9.17) is 0 Å². The maximum atomic E-state index is 13.7. The summed E-state index contributed by atoms with van der Waals surface area (Å²) in [6, 6.07) is 22.6. The third-order valence-electron chi connectivity index (χ3n) is 6.03. The van der Waals surface area contributed by atoms with Gasteiger partial charge in [-0.1, -0.05) is 67.6 Å². The molecule has 4 rings (SSSR count). The van der Waals surface area contributed by atoms with Gasteiger partial charge >= 0.3 is 0 Å². The molecule has 0 saturated heterocycles. The summed E-state index contributed by atoms with van der Waals surface area (Å²) < 4.78 is 24.7. The average Bonchev–Trinajstić information content (AvgIpc) is 3.29. The van der Waals surface area contributed by atoms with Gasteiger partial charge < -0.3 is 4.90 Å². The normalized spacial score (nSPS) is 11.8. The summed E-state index contributed by atoms with van der Waals surface area (Å²) in [7, 11) is -3.33. The lowest BCUT2D eigenvalue weighted by Gasteiger charge is -2.24. The number of likely N-dealkylation sites (N-methyl/N-ethyl adjacent to an activating group) is 1. The standard InChI is InChI=1S/C27H29N3O3S2/c1-4-29(5-2)17-18-30(27-28-24-16-15-23(35(3,32)33)19-25(24)34-27)26(31)22-13-11-21(12-14-22)20-9-7-6-8-10-20/h6-16,19H,4-5,17-18H2,1-3H3. The van der Waals surface area contributed by atoms with Crippen LogP contribution in [0.3, 0.4) is 0 Å². The molecule has 6 nitrogen and oxygen atoms in total. The van der Waals surface area contributed by atoms with Gasteiger partial charge in [0, 0.05) is 24.9 Å². The monoisotopic (exact) mass is 507 g/mol. The van der Waals surface area contributed by atoms with E-state index in [1.54, 1.807) is 23.1 Å². The number of thiazole rings is 1. The first-order chi connectivity index (χ1) is 16.8. The molecule has 8 heteroatoms. The lowest BCUT2D eigenvalue weighted by Crippen LogP contribution is -2.38. The molecule has 4 aromatic rings. The van der Waals surface area contributed by atoms with Gasteiger partial charge in [0.2, 0.25) is 0 Å². The highest BCUT2D eigenvalue weighted by atomic mass is 32.2. The third kappa shape index (κ3) is 5.78. The molecule has 0 N–H and O–H groups in total. The first kappa shape index (κ1) is 25.0. The maximum Gasteiger partial charge on any atom is 0.260 e. The second-order valence-corrected chi connectivity index (χ2v) is 11.4. The van der Waals surface area contributed by atoms with Gasteiger partial charge in [0.15, 0.2) is 15.0 Å². The fraction of sp³-hybridized carbons (Fsp3) is 0.259. The minimum absolute atomic E-state index is 0.126. The zero-order valence-electron chi connectivity index (χ0n) is 20.1. The number of nitrogens with zero attached hydrogens (tertiary/aromatic N) is 3. The Morgan fingerprint density at radius 1 is 0.886 bits per heavy atom. The molecule has 1 heterocycles. The highest BCUT2D eigenvalue weighted by Crippen LogP contribution is 2.32. The molecule has 0 spiro atoms. The number of aromatic nitrogens is 1. The molecule has 0 aliphatic rings. The Kier molecular flexibility index (Phi) is 7.64. The van der Waals surface area contributed by atoms with Crippen LogP contribution in [0.15, 0.2) is 77.7 Å². The van der Waals surface area contributed by atoms with Crippen molar-refractivity contribution in [2.24, 2.45) is 0 Å². The summed E-state index contributed by atoms with van der Waals surface area (Å²) in [5.41, 5.74) is 3.40. The second-order valence-electron chi connectivity index (χ2n) is 8.33. The maximum absolute atomic E-state index is 13.7. The summed E-state index contributed by atoms with van der Waals surface area (Å²) >= 11 is 1.34. The minimum Gasteiger partial charge on any atom is -0.302 e. The number of anilines is 1. The first-order valence-corrected chi connectivity index (χ1v) is 14.3. The van der Waals surface area contributed by atoms with E-state index in [-0.39, 0.29) is 10.8 Å². The largest absolute Gasteiger partial charge is 0.302 e. The highest BCUT2D eigenvalue weighted by Gasteiger charge is 2.22. The van der Waals surface area contributed by atoms with Crippen molar-refractivity contribution in [1.82, 2.24) is 9.88 Å². The number of amides is 1. The minimum atomic E-state index is -3.33. The van der Waals surface area contributed by atoms with Gasteiger partial charge in [-0.2, -0.15) is 0 Å². The Morgan fingerprint density at radius 3 is 2.17 bits per heavy atom. The van der Waals surface area contributed by atoms with Crippen molar-refractivity contribution in [3.05, 3.63) is 78.4 Å². The van der Waals surface area contributed by atoms with Gasteiger partial charge in [0.25, 0.3) is 5.91 Å². The summed E-state index contributed by atoms with van der Waals surface area (Å²) in [5.74, 6) is -0.126. The van der Waals surface area contributed by atoms with Crippen LogP contribution in [-0.4, -0.2) is 56.6 Å². The molecular formula is C27H29N3O3S2. The summed E-state index contributed by atoms with van der Waals surface area (Å²) in [6.45, 7) is 7.18. The van der Waals surface area contributed by atoms with E-state index in [9.17, 15) is 13.2 Å². The van der Waals surface area contributed by atoms with Crippen molar-refractivity contribution in [2.75, 3.05) is 37.3 Å². The molecule has 0 saturated carbocycles. The van der Waals surface area contributed by atoms with Gasteiger partial charge in [0.1, 0.15) is 0 Å². The summed E-state index contributed by atoms with van der Waals surface area (Å²) in [4.78, 5) is 22.6. The zero-order chi connectivity index (χ0) is 25.0. The number of hydrogen-bond donors (Lipinski definition) is 0. The van der Waals surface area contributed by atoms with Crippen molar-refractivity contribution in [3.63, 3.8) is 0 Å². The average molecular weight is 508 g/mol. The van der Waals surface area contributed by atoms with Crippen LogP contribution in [0.2, 0.25) is 0 Å². The number of hydrogen-bond acceptors (Lipinski definition) is 6. The number of fused-ring (bicyclic) bond motifs is 1. The van der Waals surface area contributed by atoms with Gasteiger partial charge in [0.05, 0.1) is 15.1 Å². The molecule has 0 fully saturated rings. The highest BCUT2D eigenvalue weighted by molar-refractivity contribution is 7.90. The van der Waals surface area contributed by atoms with E-state index < -0.39 is 9.84 Å². The molecule has 0 atom stereocenters. The number of carbonyl (C=O) groups excluding carboxylic acids is 1. The van der Waals surface area contributed by atoms with Gasteiger partial charge in [-0.15, -0.1) is 0 Å². The van der Waals surface area contributed by atoms with Gasteiger partial charge in [-0.3, -0.25) is 9.69 Å². The van der Waals surface area contributed by atoms with E-state index in [0.29, 0.717) is 29.3 Å². The molecule has 3 aromatic carbocycles. The molecule has 1 amide bonds. The van der Waals surface area contributed by atoms with Crippen LogP contribution in [0, 0.1) is 0 Å². The number of benzene rings is 3. The topological polar surface area (TPSA) is 70.6 Å². The van der Waals surface area contributed by atoms with E-state index in [1.807, 2.05) is 54.6 Å². The van der Waals surface area contributed by atoms with Crippen LogP contribution in [0.1, 0.15) is 24.2 Å². The summed E-state index contributed by atoms with van der Waals surface area (Å²) in [5, 5.41) is 0.565. The van der Waals surface area contributed by atoms with Crippen molar-refractivity contribution >= 4 is 42.4 Å². The van der Waals surface area contributed by atoms with Crippen LogP contribution >= 0.6 is 11.3 Å². The fourth-order valence-electron chi connectivity index (χ4n) is 3.90. The predicted octanol–water partition coefficient (Wildman–Crippen LogP) is 5.36. The number of carbonyl (C=O) groups is 1. The SMILES string of the molecule is CCN(CC)CCN(C(=O)c1ccc(-c2ccccc2)cc1)c1nc2ccc(S(C)(=O)=O)cc2s1. The van der Waals surface area contributed by atoms with E-state index in [0.717, 1.165) is 28.9 Å². The predicted molar refractivity (Wildman–Crippen MR) is 144 cm³/mol. The quantitative estimate of drug-likeness (QED) is 0.305. The Bertz CT molecular complexity index is 1410. The van der Waals surface area contributed by atoms with Crippen LogP contribution in [-0.2, 0) is 9.84 Å². The van der Waals surface area contributed by atoms with Gasteiger partial charge in [-0.25, -0.2) is 13.4 Å². The molecule has 0 bridgehead atoms. The number of sulfone groups is 1. The Morgan fingerprint density at radius 2 is 1.54 bits per heavy atom. The smallest absolute Gasteiger partial charge is 0.260 e. The van der Waals surface area contributed by atoms with Crippen molar-refractivity contribution in [1.29, 1.82) is 0 Å². The molecule has 182 valence electrons. The Hall–Kier alpha value is -3.07.